The van der Waals surface area contributed by atoms with Crippen LogP contribution in [0.25, 0.3) is 0 Å². The number of carbonyl (C=O) groups excluding carboxylic acids is 1. The summed E-state index contributed by atoms with van der Waals surface area (Å²) in [5.74, 6) is 0.893. The highest BCUT2D eigenvalue weighted by molar-refractivity contribution is 6.70. The van der Waals surface area contributed by atoms with E-state index in [0.29, 0.717) is 6.61 Å². The highest BCUT2D eigenvalue weighted by Gasteiger charge is 2.37. The van der Waals surface area contributed by atoms with Crippen LogP contribution in [0.5, 0.6) is 5.75 Å². The first-order chi connectivity index (χ1) is 9.17. The second kappa shape index (κ2) is 5.13. The summed E-state index contributed by atoms with van der Waals surface area (Å²) >= 11 is 0. The zero-order valence-corrected chi connectivity index (χ0v) is 13.8. The van der Waals surface area contributed by atoms with Crippen LogP contribution in [0.2, 0.25) is 19.6 Å². The first kappa shape index (κ1) is 14.9. The van der Waals surface area contributed by atoms with Crippen LogP contribution in [-0.2, 0) is 4.74 Å². The van der Waals surface area contributed by atoms with Crippen LogP contribution in [-0.4, -0.2) is 21.0 Å². The zero-order chi connectivity index (χ0) is 15.0. The highest BCUT2D eigenvalue weighted by Crippen LogP contribution is 2.36. The molecule has 1 aliphatic heterocycles. The first-order valence-corrected chi connectivity index (χ1v) is 10.3. The number of carbonyl (C=O) groups is 1. The number of benzene rings is 1. The van der Waals surface area contributed by atoms with Crippen molar-refractivity contribution in [2.24, 2.45) is 5.41 Å². The molecule has 0 bridgehead atoms. The van der Waals surface area contributed by atoms with Gasteiger partial charge in [0.05, 0.1) is 6.04 Å². The van der Waals surface area contributed by atoms with Crippen molar-refractivity contribution in [3.05, 3.63) is 29.8 Å². The van der Waals surface area contributed by atoms with Gasteiger partial charge in [-0.15, -0.1) is 0 Å². The quantitative estimate of drug-likeness (QED) is 0.864. The van der Waals surface area contributed by atoms with Gasteiger partial charge in [-0.3, -0.25) is 0 Å². The van der Waals surface area contributed by atoms with Crippen molar-refractivity contribution in [3.63, 3.8) is 0 Å². The van der Waals surface area contributed by atoms with E-state index in [0.717, 1.165) is 11.3 Å². The third-order valence-electron chi connectivity index (χ3n) is 3.26. The Kier molecular flexibility index (Phi) is 3.82. The van der Waals surface area contributed by atoms with Crippen LogP contribution in [0.15, 0.2) is 24.3 Å². The van der Waals surface area contributed by atoms with Gasteiger partial charge in [0.15, 0.2) is 0 Å². The molecule has 1 aromatic carbocycles. The number of nitrogens with one attached hydrogen (secondary N) is 1. The fraction of sp³-hybridized carbons (Fsp3) is 0.533. The molecule has 2 rings (SSSR count). The number of hydrogen-bond acceptors (Lipinski definition) is 3. The van der Waals surface area contributed by atoms with Crippen LogP contribution in [0.3, 0.4) is 0 Å². The molecule has 1 fully saturated rings. The van der Waals surface area contributed by atoms with Crippen LogP contribution < -0.4 is 9.74 Å². The summed E-state index contributed by atoms with van der Waals surface area (Å²) in [6, 6.07) is 7.96. The molecule has 1 amide bonds. The second-order valence-electron chi connectivity index (χ2n) is 6.93. The Hall–Kier alpha value is -1.49. The number of rotatable bonds is 3. The number of cyclic esters (lactones) is 1. The molecule has 20 heavy (non-hydrogen) atoms. The maximum Gasteiger partial charge on any atom is 0.407 e. The SMILES string of the molecule is CC1(C)COC(=O)N[C@@H]1c1ccc(O[Si](C)(C)C)cc1. The van der Waals surface area contributed by atoms with Crippen LogP contribution in [0.1, 0.15) is 25.5 Å². The normalized spacial score (nSPS) is 21.9. The third-order valence-corrected chi connectivity index (χ3v) is 4.10. The first-order valence-electron chi connectivity index (χ1n) is 6.90. The molecule has 1 aromatic rings. The predicted molar refractivity (Wildman–Crippen MR) is 81.4 cm³/mol. The zero-order valence-electron chi connectivity index (χ0n) is 12.8. The summed E-state index contributed by atoms with van der Waals surface area (Å²) in [5.41, 5.74) is 0.948. The fourth-order valence-corrected chi connectivity index (χ4v) is 3.15. The number of alkyl carbamates (subject to hydrolysis) is 1. The van der Waals surface area contributed by atoms with Gasteiger partial charge in [-0.05, 0) is 37.3 Å². The van der Waals surface area contributed by atoms with Gasteiger partial charge in [-0.2, -0.15) is 0 Å². The fourth-order valence-electron chi connectivity index (χ4n) is 2.31. The standard InChI is InChI=1S/C15H23NO3Si/c1-15(2)10-18-14(17)16-13(15)11-6-8-12(9-7-11)19-20(3,4)5/h6-9,13H,10H2,1-5H3,(H,16,17)/t13-/m1/s1. The molecule has 0 radical (unpaired) electrons. The molecule has 1 atom stereocenters. The van der Waals surface area contributed by atoms with Crippen LogP contribution in [0, 0.1) is 5.41 Å². The largest absolute Gasteiger partial charge is 0.544 e. The molecule has 5 heteroatoms. The van der Waals surface area contributed by atoms with E-state index in [9.17, 15) is 4.79 Å². The lowest BCUT2D eigenvalue weighted by Crippen LogP contribution is -2.46. The van der Waals surface area contributed by atoms with Gasteiger partial charge in [-0.1, -0.05) is 26.0 Å². The maximum atomic E-state index is 11.4. The van der Waals surface area contributed by atoms with Gasteiger partial charge in [-0.25, -0.2) is 4.79 Å². The number of hydrogen-bond donors (Lipinski definition) is 1. The van der Waals surface area contributed by atoms with Crippen molar-refractivity contribution in [3.8, 4) is 5.75 Å². The molecule has 4 nitrogen and oxygen atoms in total. The molecular weight excluding hydrogens is 270 g/mol. The Labute approximate surface area is 121 Å². The van der Waals surface area contributed by atoms with E-state index in [1.54, 1.807) is 0 Å². The van der Waals surface area contributed by atoms with E-state index in [-0.39, 0.29) is 17.6 Å². The van der Waals surface area contributed by atoms with E-state index in [1.807, 2.05) is 24.3 Å². The number of amides is 1. The summed E-state index contributed by atoms with van der Waals surface area (Å²) in [5, 5.41) is 2.90. The van der Waals surface area contributed by atoms with Crippen molar-refractivity contribution in [1.29, 1.82) is 0 Å². The van der Waals surface area contributed by atoms with Gasteiger partial charge in [0.2, 0.25) is 8.32 Å². The number of ether oxygens (including phenoxy) is 1. The lowest BCUT2D eigenvalue weighted by atomic mass is 9.80. The molecule has 1 aliphatic rings. The predicted octanol–water partition coefficient (Wildman–Crippen LogP) is 3.71. The summed E-state index contributed by atoms with van der Waals surface area (Å²) in [4.78, 5) is 11.4. The van der Waals surface area contributed by atoms with Gasteiger partial charge >= 0.3 is 6.09 Å². The van der Waals surface area contributed by atoms with E-state index >= 15 is 0 Å². The lowest BCUT2D eigenvalue weighted by molar-refractivity contribution is 0.0387. The minimum Gasteiger partial charge on any atom is -0.544 e. The topological polar surface area (TPSA) is 47.6 Å². The van der Waals surface area contributed by atoms with Gasteiger partial charge in [0.25, 0.3) is 0 Å². The average molecular weight is 293 g/mol. The highest BCUT2D eigenvalue weighted by atomic mass is 28.4. The Morgan fingerprint density at radius 3 is 2.40 bits per heavy atom. The van der Waals surface area contributed by atoms with Crippen molar-refractivity contribution in [1.82, 2.24) is 5.32 Å². The minimum absolute atomic E-state index is 0.0373. The summed E-state index contributed by atoms with van der Waals surface area (Å²) in [6.07, 6.45) is -0.350. The Morgan fingerprint density at radius 2 is 1.85 bits per heavy atom. The smallest absolute Gasteiger partial charge is 0.407 e. The lowest BCUT2D eigenvalue weighted by Gasteiger charge is -2.38. The van der Waals surface area contributed by atoms with E-state index in [4.69, 9.17) is 9.16 Å². The second-order valence-corrected chi connectivity index (χ2v) is 11.4. The Morgan fingerprint density at radius 1 is 1.25 bits per heavy atom. The summed E-state index contributed by atoms with van der Waals surface area (Å²) in [6.45, 7) is 11.1. The van der Waals surface area contributed by atoms with E-state index < -0.39 is 8.32 Å². The monoisotopic (exact) mass is 293 g/mol. The molecule has 0 saturated carbocycles. The molecule has 0 aliphatic carbocycles. The van der Waals surface area contributed by atoms with Crippen LogP contribution >= 0.6 is 0 Å². The molecule has 110 valence electrons. The van der Waals surface area contributed by atoms with Gasteiger partial charge < -0.3 is 14.5 Å². The molecule has 1 heterocycles. The Bertz CT molecular complexity index is 491. The summed E-state index contributed by atoms with van der Waals surface area (Å²) in [7, 11) is -1.58. The van der Waals surface area contributed by atoms with Crippen molar-refractivity contribution in [2.45, 2.75) is 39.5 Å². The molecule has 0 aromatic heterocycles. The molecule has 1 N–H and O–H groups in total. The van der Waals surface area contributed by atoms with Gasteiger partial charge in [0.1, 0.15) is 12.4 Å². The molecular formula is C15H23NO3Si. The molecule has 1 saturated heterocycles. The molecule has 0 unspecified atom stereocenters. The average Bonchev–Trinajstić information content (AvgIpc) is 2.32. The van der Waals surface area contributed by atoms with Crippen LogP contribution in [0.4, 0.5) is 4.79 Å². The van der Waals surface area contributed by atoms with E-state index in [2.05, 4.69) is 38.8 Å². The van der Waals surface area contributed by atoms with Crippen molar-refractivity contribution < 1.29 is 14.0 Å². The van der Waals surface area contributed by atoms with E-state index in [1.165, 1.54) is 0 Å². The van der Waals surface area contributed by atoms with Crippen molar-refractivity contribution in [2.75, 3.05) is 6.61 Å². The maximum absolute atomic E-state index is 11.4. The third kappa shape index (κ3) is 3.54. The summed E-state index contributed by atoms with van der Waals surface area (Å²) < 4.78 is 11.0. The van der Waals surface area contributed by atoms with Gasteiger partial charge in [0, 0.05) is 5.41 Å². The van der Waals surface area contributed by atoms with Crippen molar-refractivity contribution >= 4 is 14.4 Å². The Balaban J connectivity index is 2.18. The molecule has 0 spiro atoms. The minimum atomic E-state index is -1.58.